The Morgan fingerprint density at radius 3 is 2.29 bits per heavy atom. The molecule has 0 aliphatic carbocycles. The topological polar surface area (TPSA) is 110 Å². The van der Waals surface area contributed by atoms with E-state index in [0.717, 1.165) is 0 Å². The fourth-order valence-corrected chi connectivity index (χ4v) is 3.81. The van der Waals surface area contributed by atoms with Gasteiger partial charge in [0.25, 0.3) is 0 Å². The molecule has 0 fully saturated rings. The molecule has 7 nitrogen and oxygen atoms in total. The fraction of sp³-hybridized carbons (Fsp3) is 0.500. The average molecular weight is 357 g/mol. The molecule has 0 bridgehead atoms. The van der Waals surface area contributed by atoms with Crippen molar-refractivity contribution in [2.45, 2.75) is 45.1 Å². The molecule has 1 rings (SSSR count). The molecule has 0 saturated heterocycles. The van der Waals surface area contributed by atoms with Crippen molar-refractivity contribution >= 4 is 22.0 Å². The van der Waals surface area contributed by atoms with Crippen LogP contribution in [0, 0.1) is 19.8 Å². The van der Waals surface area contributed by atoms with Crippen molar-refractivity contribution in [1.29, 1.82) is 0 Å². The monoisotopic (exact) mass is 357 g/mol. The van der Waals surface area contributed by atoms with Crippen molar-refractivity contribution in [3.63, 3.8) is 0 Å². The molecule has 0 aromatic heterocycles. The third-order valence-electron chi connectivity index (χ3n) is 3.63. The first-order chi connectivity index (χ1) is 11.0. The first-order valence-corrected chi connectivity index (χ1v) is 8.92. The van der Waals surface area contributed by atoms with Crippen LogP contribution in [0.5, 0.6) is 0 Å². The Bertz CT molecular complexity index is 739. The van der Waals surface area contributed by atoms with Gasteiger partial charge in [0.05, 0.1) is 17.6 Å². The van der Waals surface area contributed by atoms with E-state index >= 15 is 0 Å². The van der Waals surface area contributed by atoms with E-state index in [4.69, 9.17) is 0 Å². The van der Waals surface area contributed by atoms with Crippen LogP contribution in [-0.2, 0) is 19.6 Å². The van der Waals surface area contributed by atoms with E-state index in [0.29, 0.717) is 11.1 Å². The van der Waals surface area contributed by atoms with Gasteiger partial charge >= 0.3 is 11.9 Å². The smallest absolute Gasteiger partial charge is 0.337 e. The van der Waals surface area contributed by atoms with Gasteiger partial charge in [-0.05, 0) is 49.4 Å². The molecular weight excluding hydrogens is 334 g/mol. The molecule has 1 atom stereocenters. The summed E-state index contributed by atoms with van der Waals surface area (Å²) in [5, 5.41) is 9.24. The summed E-state index contributed by atoms with van der Waals surface area (Å²) in [7, 11) is -2.90. The first kappa shape index (κ1) is 20.1. The highest BCUT2D eigenvalue weighted by Crippen LogP contribution is 2.22. The number of ether oxygens (including phenoxy) is 1. The van der Waals surface area contributed by atoms with Crippen LogP contribution < -0.4 is 4.72 Å². The van der Waals surface area contributed by atoms with Crippen LogP contribution in [0.15, 0.2) is 17.0 Å². The van der Waals surface area contributed by atoms with Crippen molar-refractivity contribution in [2.75, 3.05) is 7.11 Å². The highest BCUT2D eigenvalue weighted by Gasteiger charge is 2.28. The molecule has 0 amide bonds. The van der Waals surface area contributed by atoms with Crippen LogP contribution in [0.25, 0.3) is 0 Å². The number of sulfonamides is 1. The lowest BCUT2D eigenvalue weighted by Crippen LogP contribution is -2.41. The average Bonchev–Trinajstić information content (AvgIpc) is 2.47. The number of nitrogens with one attached hydrogen (secondary N) is 1. The lowest BCUT2D eigenvalue weighted by molar-refractivity contribution is -0.139. The summed E-state index contributed by atoms with van der Waals surface area (Å²) >= 11 is 0. The van der Waals surface area contributed by atoms with Gasteiger partial charge in [0, 0.05) is 0 Å². The molecule has 0 aliphatic rings. The fourth-order valence-electron chi connectivity index (χ4n) is 2.26. The summed E-state index contributed by atoms with van der Waals surface area (Å²) in [6, 6.07) is 1.49. The molecule has 0 radical (unpaired) electrons. The van der Waals surface area contributed by atoms with E-state index in [2.05, 4.69) is 9.46 Å². The minimum absolute atomic E-state index is 0.00182. The molecule has 0 heterocycles. The third kappa shape index (κ3) is 4.78. The summed E-state index contributed by atoms with van der Waals surface area (Å²) in [5.74, 6) is -1.91. The lowest BCUT2D eigenvalue weighted by Gasteiger charge is -2.18. The maximum Gasteiger partial charge on any atom is 0.337 e. The highest BCUT2D eigenvalue weighted by atomic mass is 32.2. The number of benzene rings is 1. The van der Waals surface area contributed by atoms with Gasteiger partial charge < -0.3 is 9.84 Å². The normalized spacial score (nSPS) is 12.9. The molecule has 0 spiro atoms. The van der Waals surface area contributed by atoms with Crippen LogP contribution in [0.2, 0.25) is 0 Å². The Morgan fingerprint density at radius 1 is 1.25 bits per heavy atom. The number of carbonyl (C=O) groups excluding carboxylic acids is 1. The van der Waals surface area contributed by atoms with Gasteiger partial charge in [0.1, 0.15) is 6.04 Å². The largest absolute Gasteiger partial charge is 0.480 e. The van der Waals surface area contributed by atoms with E-state index in [9.17, 15) is 23.1 Å². The van der Waals surface area contributed by atoms with Crippen LogP contribution in [0.3, 0.4) is 0 Å². The SMILES string of the molecule is COC(=O)c1cc(C)c(C)c(S(=O)(=O)N[C@@H](CC(C)C)C(=O)O)c1. The second-order valence-electron chi connectivity index (χ2n) is 6.05. The number of hydrogen-bond acceptors (Lipinski definition) is 5. The molecule has 24 heavy (non-hydrogen) atoms. The maximum atomic E-state index is 12.6. The number of rotatable bonds is 7. The zero-order valence-corrected chi connectivity index (χ0v) is 15.2. The van der Waals surface area contributed by atoms with Gasteiger partial charge in [-0.15, -0.1) is 0 Å². The molecular formula is C16H23NO6S. The Hall–Kier alpha value is -1.93. The van der Waals surface area contributed by atoms with Gasteiger partial charge in [0.2, 0.25) is 10.0 Å². The minimum Gasteiger partial charge on any atom is -0.480 e. The quantitative estimate of drug-likeness (QED) is 0.721. The van der Waals surface area contributed by atoms with Gasteiger partial charge in [-0.1, -0.05) is 13.8 Å². The summed E-state index contributed by atoms with van der Waals surface area (Å²) in [4.78, 5) is 22.9. The summed E-state index contributed by atoms with van der Waals surface area (Å²) < 4.78 is 32.1. The Labute approximate surface area is 142 Å². The number of methoxy groups -OCH3 is 1. The number of hydrogen-bond donors (Lipinski definition) is 2. The first-order valence-electron chi connectivity index (χ1n) is 7.44. The van der Waals surface area contributed by atoms with Crippen LogP contribution in [0.1, 0.15) is 41.8 Å². The molecule has 1 aromatic rings. The number of carbonyl (C=O) groups is 2. The van der Waals surface area contributed by atoms with E-state index in [-0.39, 0.29) is 22.8 Å². The van der Waals surface area contributed by atoms with Crippen LogP contribution in [-0.4, -0.2) is 38.6 Å². The van der Waals surface area contributed by atoms with Crippen LogP contribution in [0.4, 0.5) is 0 Å². The van der Waals surface area contributed by atoms with Crippen molar-refractivity contribution in [2.24, 2.45) is 5.92 Å². The molecule has 0 aliphatic heterocycles. The second-order valence-corrected chi connectivity index (χ2v) is 7.73. The standard InChI is InChI=1S/C16H23NO6S/c1-9(2)6-13(15(18)19)17-24(21,22)14-8-12(16(20)23-5)7-10(3)11(14)4/h7-9,13,17H,6H2,1-5H3,(H,18,19)/t13-/m0/s1. The van der Waals surface area contributed by atoms with Gasteiger partial charge in [-0.3, -0.25) is 4.79 Å². The highest BCUT2D eigenvalue weighted by molar-refractivity contribution is 7.89. The summed E-state index contributed by atoms with van der Waals surface area (Å²) in [5.41, 5.74) is 1.13. The number of esters is 1. The van der Waals surface area contributed by atoms with Gasteiger partial charge in [-0.2, -0.15) is 4.72 Å². The number of aliphatic carboxylic acids is 1. The van der Waals surface area contributed by atoms with E-state index in [1.165, 1.54) is 19.2 Å². The van der Waals surface area contributed by atoms with E-state index in [1.807, 2.05) is 0 Å². The Morgan fingerprint density at radius 2 is 1.83 bits per heavy atom. The maximum absolute atomic E-state index is 12.6. The molecule has 0 saturated carbocycles. The van der Waals surface area contributed by atoms with E-state index < -0.39 is 28.0 Å². The predicted octanol–water partition coefficient (Wildman–Crippen LogP) is 1.87. The molecule has 2 N–H and O–H groups in total. The Kier molecular flexibility index (Phi) is 6.50. The van der Waals surface area contributed by atoms with Gasteiger partial charge in [-0.25, -0.2) is 13.2 Å². The van der Waals surface area contributed by atoms with Crippen molar-refractivity contribution in [1.82, 2.24) is 4.72 Å². The van der Waals surface area contributed by atoms with Crippen molar-refractivity contribution in [3.05, 3.63) is 28.8 Å². The van der Waals surface area contributed by atoms with Crippen molar-refractivity contribution < 1.29 is 27.9 Å². The van der Waals surface area contributed by atoms with Crippen LogP contribution >= 0.6 is 0 Å². The minimum atomic E-state index is -4.11. The molecule has 8 heteroatoms. The number of aryl methyl sites for hydroxylation is 1. The molecule has 134 valence electrons. The van der Waals surface area contributed by atoms with E-state index in [1.54, 1.807) is 27.7 Å². The zero-order valence-electron chi connectivity index (χ0n) is 14.4. The Balaban J connectivity index is 3.33. The number of carboxylic acid groups (broad SMARTS) is 1. The summed E-state index contributed by atoms with van der Waals surface area (Å²) in [6.45, 7) is 6.88. The zero-order chi connectivity index (χ0) is 18.7. The van der Waals surface area contributed by atoms with Crippen molar-refractivity contribution in [3.8, 4) is 0 Å². The molecule has 0 unspecified atom stereocenters. The predicted molar refractivity (Wildman–Crippen MR) is 88.5 cm³/mol. The molecule has 1 aromatic carbocycles. The van der Waals surface area contributed by atoms with Gasteiger partial charge in [0.15, 0.2) is 0 Å². The number of carboxylic acids is 1. The second kappa shape index (κ2) is 7.76. The summed E-state index contributed by atoms with van der Waals surface area (Å²) in [6.07, 6.45) is 0.156. The lowest BCUT2D eigenvalue weighted by atomic mass is 10.1. The third-order valence-corrected chi connectivity index (χ3v) is 5.23.